The van der Waals surface area contributed by atoms with Crippen LogP contribution < -0.4 is 10.6 Å². The van der Waals surface area contributed by atoms with E-state index in [-0.39, 0.29) is 24.9 Å². The van der Waals surface area contributed by atoms with E-state index in [0.717, 1.165) is 22.3 Å². The van der Waals surface area contributed by atoms with Crippen LogP contribution in [0.4, 0.5) is 10.5 Å². The molecule has 0 radical (unpaired) electrons. The summed E-state index contributed by atoms with van der Waals surface area (Å²) in [7, 11) is 0. The second-order valence-corrected chi connectivity index (χ2v) is 8.65. The molecule has 2 unspecified atom stereocenters. The van der Waals surface area contributed by atoms with Crippen molar-refractivity contribution in [3.05, 3.63) is 83.7 Å². The minimum atomic E-state index is -0.976. The van der Waals surface area contributed by atoms with E-state index in [4.69, 9.17) is 9.84 Å². The maximum Gasteiger partial charge on any atom is 0.407 e. The highest BCUT2D eigenvalue weighted by Gasteiger charge is 2.29. The first-order valence-electron chi connectivity index (χ1n) is 11.4. The van der Waals surface area contributed by atoms with Crippen molar-refractivity contribution in [2.75, 3.05) is 11.9 Å². The Morgan fingerprint density at radius 1 is 0.971 bits per heavy atom. The van der Waals surface area contributed by atoms with Gasteiger partial charge < -0.3 is 20.5 Å². The lowest BCUT2D eigenvalue weighted by molar-refractivity contribution is -0.136. The number of nitrogens with zero attached hydrogens (tertiary/aromatic N) is 1. The number of carboxylic acids is 1. The Morgan fingerprint density at radius 2 is 1.60 bits per heavy atom. The molecular weight excluding hydrogens is 446 g/mol. The second-order valence-electron chi connectivity index (χ2n) is 8.65. The molecule has 0 saturated carbocycles. The summed E-state index contributed by atoms with van der Waals surface area (Å²) in [4.78, 5) is 39.9. The summed E-state index contributed by atoms with van der Waals surface area (Å²) in [6.45, 7) is 3.64. The number of pyridine rings is 1. The topological polar surface area (TPSA) is 118 Å². The van der Waals surface area contributed by atoms with Gasteiger partial charge in [-0.05, 0) is 41.3 Å². The number of alkyl carbamates (subject to hydrolysis) is 1. The zero-order valence-electron chi connectivity index (χ0n) is 19.5. The molecule has 0 saturated heterocycles. The van der Waals surface area contributed by atoms with Gasteiger partial charge in [0.05, 0.1) is 29.9 Å². The Hall–Kier alpha value is -4.20. The number of aliphatic carboxylic acids is 1. The van der Waals surface area contributed by atoms with Crippen molar-refractivity contribution in [2.24, 2.45) is 5.92 Å². The summed E-state index contributed by atoms with van der Waals surface area (Å²) in [5, 5.41) is 14.3. The smallest absolute Gasteiger partial charge is 0.407 e. The minimum Gasteiger partial charge on any atom is -0.481 e. The average Bonchev–Trinajstić information content (AvgIpc) is 3.17. The van der Waals surface area contributed by atoms with Crippen LogP contribution in [0.25, 0.3) is 11.1 Å². The van der Waals surface area contributed by atoms with Crippen LogP contribution in [0.15, 0.2) is 66.9 Å². The minimum absolute atomic E-state index is 0.0409. The summed E-state index contributed by atoms with van der Waals surface area (Å²) < 4.78 is 5.56. The van der Waals surface area contributed by atoms with Gasteiger partial charge in [-0.2, -0.15) is 0 Å². The molecule has 0 spiro atoms. The zero-order valence-corrected chi connectivity index (χ0v) is 19.5. The van der Waals surface area contributed by atoms with Gasteiger partial charge in [-0.3, -0.25) is 14.6 Å². The fraction of sp³-hybridized carbons (Fsp3) is 0.259. The molecule has 35 heavy (non-hydrogen) atoms. The lowest BCUT2D eigenvalue weighted by Crippen LogP contribution is -2.42. The van der Waals surface area contributed by atoms with E-state index in [1.807, 2.05) is 24.3 Å². The summed E-state index contributed by atoms with van der Waals surface area (Å²) in [6.07, 6.45) is 0.636. The predicted octanol–water partition coefficient (Wildman–Crippen LogP) is 4.21. The Morgan fingerprint density at radius 3 is 2.17 bits per heavy atom. The number of ether oxygens (including phenoxy) is 1. The van der Waals surface area contributed by atoms with Crippen LogP contribution >= 0.6 is 0 Å². The van der Waals surface area contributed by atoms with E-state index in [0.29, 0.717) is 11.4 Å². The van der Waals surface area contributed by atoms with Crippen molar-refractivity contribution >= 4 is 23.7 Å². The number of carboxylic acid groups (broad SMARTS) is 1. The lowest BCUT2D eigenvalue weighted by atomic mass is 9.98. The van der Waals surface area contributed by atoms with Gasteiger partial charge in [0.1, 0.15) is 6.61 Å². The molecule has 0 fully saturated rings. The maximum atomic E-state index is 12.6. The Balaban J connectivity index is 1.30. The first-order chi connectivity index (χ1) is 16.8. The van der Waals surface area contributed by atoms with Crippen LogP contribution in [0.5, 0.6) is 0 Å². The van der Waals surface area contributed by atoms with E-state index in [1.54, 1.807) is 26.0 Å². The number of anilines is 1. The maximum absolute atomic E-state index is 12.6. The molecule has 2 atom stereocenters. The van der Waals surface area contributed by atoms with Crippen molar-refractivity contribution < 1.29 is 24.2 Å². The second kappa shape index (κ2) is 10.4. The highest BCUT2D eigenvalue weighted by Crippen LogP contribution is 2.44. The third kappa shape index (κ3) is 5.48. The number of nitrogens with one attached hydrogen (secondary N) is 2. The van der Waals surface area contributed by atoms with Crippen LogP contribution in [0.1, 0.15) is 36.6 Å². The summed E-state index contributed by atoms with van der Waals surface area (Å²) in [5.41, 5.74) is 5.41. The molecule has 180 valence electrons. The number of rotatable bonds is 8. The van der Waals surface area contributed by atoms with E-state index < -0.39 is 24.0 Å². The number of aromatic nitrogens is 1. The van der Waals surface area contributed by atoms with Crippen LogP contribution in [-0.2, 0) is 20.7 Å². The molecule has 3 N–H and O–H groups in total. The number of fused-ring (bicyclic) bond motifs is 3. The quantitative estimate of drug-likeness (QED) is 0.451. The van der Waals surface area contributed by atoms with Gasteiger partial charge in [0, 0.05) is 12.0 Å². The monoisotopic (exact) mass is 473 g/mol. The SMILES string of the molecule is CC(NC(=O)OCC1c2ccccc2-c2ccccc21)C(C)C(=O)Nc1ccc(CC(=O)O)nc1. The average molecular weight is 474 g/mol. The Kier molecular flexibility index (Phi) is 7.10. The lowest BCUT2D eigenvalue weighted by Gasteiger charge is -2.21. The number of benzene rings is 2. The number of carbonyl (C=O) groups excluding carboxylic acids is 2. The van der Waals surface area contributed by atoms with Crippen LogP contribution in [0.3, 0.4) is 0 Å². The molecule has 8 heteroatoms. The molecule has 1 aliphatic carbocycles. The molecule has 2 aromatic carbocycles. The Labute approximate surface area is 203 Å². The van der Waals surface area contributed by atoms with Crippen molar-refractivity contribution in [1.82, 2.24) is 10.3 Å². The molecule has 0 aliphatic heterocycles. The van der Waals surface area contributed by atoms with Gasteiger partial charge in [-0.1, -0.05) is 55.5 Å². The van der Waals surface area contributed by atoms with Gasteiger partial charge >= 0.3 is 12.1 Å². The van der Waals surface area contributed by atoms with Gasteiger partial charge in [0.15, 0.2) is 0 Å². The van der Waals surface area contributed by atoms with Gasteiger partial charge in [-0.25, -0.2) is 4.79 Å². The van der Waals surface area contributed by atoms with Gasteiger partial charge in [0.2, 0.25) is 5.91 Å². The predicted molar refractivity (Wildman–Crippen MR) is 131 cm³/mol. The van der Waals surface area contributed by atoms with Crippen molar-refractivity contribution in [3.8, 4) is 11.1 Å². The zero-order chi connectivity index (χ0) is 24.9. The molecule has 4 rings (SSSR count). The number of carbonyl (C=O) groups is 3. The first-order valence-corrected chi connectivity index (χ1v) is 11.4. The molecule has 1 aromatic heterocycles. The molecule has 1 heterocycles. The first kappa shape index (κ1) is 23.9. The third-order valence-corrected chi connectivity index (χ3v) is 6.28. The summed E-state index contributed by atoms with van der Waals surface area (Å²) in [6, 6.07) is 18.9. The largest absolute Gasteiger partial charge is 0.481 e. The Bertz CT molecular complexity index is 1200. The third-order valence-electron chi connectivity index (χ3n) is 6.28. The van der Waals surface area contributed by atoms with Gasteiger partial charge in [-0.15, -0.1) is 0 Å². The number of hydrogen-bond donors (Lipinski definition) is 3. The van der Waals surface area contributed by atoms with Crippen molar-refractivity contribution in [2.45, 2.75) is 32.2 Å². The molecule has 0 bridgehead atoms. The highest BCUT2D eigenvalue weighted by molar-refractivity contribution is 5.93. The van der Waals surface area contributed by atoms with Crippen LogP contribution in [0.2, 0.25) is 0 Å². The highest BCUT2D eigenvalue weighted by atomic mass is 16.5. The van der Waals surface area contributed by atoms with Gasteiger partial charge in [0.25, 0.3) is 0 Å². The molecule has 8 nitrogen and oxygen atoms in total. The van der Waals surface area contributed by atoms with E-state index in [1.165, 1.54) is 6.20 Å². The normalized spacial score (nSPS) is 13.8. The molecular formula is C27H27N3O5. The van der Waals surface area contributed by atoms with Crippen molar-refractivity contribution in [1.29, 1.82) is 0 Å². The van der Waals surface area contributed by atoms with Crippen molar-refractivity contribution in [3.63, 3.8) is 0 Å². The van der Waals surface area contributed by atoms with Crippen LogP contribution in [-0.4, -0.2) is 40.7 Å². The molecule has 2 amide bonds. The number of hydrogen-bond acceptors (Lipinski definition) is 5. The summed E-state index contributed by atoms with van der Waals surface area (Å²) >= 11 is 0. The molecule has 3 aromatic rings. The fourth-order valence-electron chi connectivity index (χ4n) is 4.19. The van der Waals surface area contributed by atoms with E-state index >= 15 is 0 Å². The van der Waals surface area contributed by atoms with E-state index in [2.05, 4.69) is 39.9 Å². The van der Waals surface area contributed by atoms with Crippen LogP contribution in [0, 0.1) is 5.92 Å². The number of amides is 2. The summed E-state index contributed by atoms with van der Waals surface area (Å²) in [5.74, 6) is -1.87. The molecule has 1 aliphatic rings. The standard InChI is InChI=1S/C27H27N3O5/c1-16(26(33)30-19-12-11-18(28-14-19)13-25(31)32)17(2)29-27(34)35-15-24-22-9-5-3-7-20(22)21-8-4-6-10-23(21)24/h3-12,14,16-17,24H,13,15H2,1-2H3,(H,29,34)(H,30,33)(H,31,32). The fourth-order valence-corrected chi connectivity index (χ4v) is 4.19. The van der Waals surface area contributed by atoms with E-state index in [9.17, 15) is 14.4 Å².